The minimum Gasteiger partial charge on any atom is -0.339 e. The van der Waals surface area contributed by atoms with Crippen LogP contribution in [0, 0.1) is 17.2 Å². The van der Waals surface area contributed by atoms with Gasteiger partial charge in [0.05, 0.1) is 17.6 Å². The lowest BCUT2D eigenvalue weighted by atomic mass is 10.1. The molecule has 7 heteroatoms. The number of aromatic nitrogens is 2. The summed E-state index contributed by atoms with van der Waals surface area (Å²) >= 11 is 0. The Morgan fingerprint density at radius 3 is 3.00 bits per heavy atom. The second kappa shape index (κ2) is 5.06. The molecular weight excluding hydrogens is 254 g/mol. The Balaban J connectivity index is 2.01. The summed E-state index contributed by atoms with van der Waals surface area (Å²) in [6.07, 6.45) is 1.56. The molecule has 0 aliphatic carbocycles. The van der Waals surface area contributed by atoms with E-state index < -0.39 is 9.84 Å². The third-order valence-corrected chi connectivity index (χ3v) is 4.81. The monoisotopic (exact) mass is 269 g/mol. The van der Waals surface area contributed by atoms with E-state index in [0.29, 0.717) is 31.0 Å². The van der Waals surface area contributed by atoms with E-state index in [1.165, 1.54) is 0 Å². The SMILES string of the molecule is CC(CC#N)Cc1nc(C2CCS(=O)(=O)C2)no1. The minimum atomic E-state index is -2.93. The van der Waals surface area contributed by atoms with Crippen molar-refractivity contribution in [2.24, 2.45) is 5.92 Å². The zero-order chi connectivity index (χ0) is 13.2. The van der Waals surface area contributed by atoms with E-state index in [4.69, 9.17) is 9.78 Å². The maximum Gasteiger partial charge on any atom is 0.226 e. The Labute approximate surface area is 106 Å². The van der Waals surface area contributed by atoms with Crippen LogP contribution < -0.4 is 0 Å². The van der Waals surface area contributed by atoms with Crippen molar-refractivity contribution in [1.29, 1.82) is 5.26 Å². The fraction of sp³-hybridized carbons (Fsp3) is 0.727. The van der Waals surface area contributed by atoms with Gasteiger partial charge in [0.25, 0.3) is 0 Å². The Hall–Kier alpha value is -1.42. The van der Waals surface area contributed by atoms with Crippen LogP contribution in [0.2, 0.25) is 0 Å². The highest BCUT2D eigenvalue weighted by atomic mass is 32.2. The van der Waals surface area contributed by atoms with Crippen molar-refractivity contribution in [3.8, 4) is 6.07 Å². The molecule has 98 valence electrons. The third-order valence-electron chi connectivity index (χ3n) is 3.04. The molecule has 0 aromatic carbocycles. The molecule has 1 saturated heterocycles. The predicted octanol–water partition coefficient (Wildman–Crippen LogP) is 1.06. The van der Waals surface area contributed by atoms with Crippen molar-refractivity contribution in [3.05, 3.63) is 11.7 Å². The molecule has 1 aromatic rings. The standard InChI is InChI=1S/C11H15N3O3S/c1-8(2-4-12)6-10-13-11(14-17-10)9-3-5-18(15,16)7-9/h8-9H,2-3,5-7H2,1H3. The average Bonchev–Trinajstić information content (AvgIpc) is 2.85. The molecule has 1 aliphatic rings. The van der Waals surface area contributed by atoms with Crippen LogP contribution in [0.15, 0.2) is 4.52 Å². The molecule has 0 saturated carbocycles. The summed E-state index contributed by atoms with van der Waals surface area (Å²) in [5.74, 6) is 1.30. The van der Waals surface area contributed by atoms with Gasteiger partial charge < -0.3 is 4.52 Å². The fourth-order valence-corrected chi connectivity index (χ4v) is 3.78. The van der Waals surface area contributed by atoms with Gasteiger partial charge in [-0.15, -0.1) is 0 Å². The topological polar surface area (TPSA) is 96.8 Å². The molecule has 0 radical (unpaired) electrons. The maximum absolute atomic E-state index is 11.4. The first-order valence-corrected chi connectivity index (χ1v) is 7.72. The molecule has 1 aromatic heterocycles. The van der Waals surface area contributed by atoms with Gasteiger partial charge >= 0.3 is 0 Å². The Morgan fingerprint density at radius 1 is 1.61 bits per heavy atom. The van der Waals surface area contributed by atoms with Crippen molar-refractivity contribution in [3.63, 3.8) is 0 Å². The van der Waals surface area contributed by atoms with Crippen LogP contribution >= 0.6 is 0 Å². The van der Waals surface area contributed by atoms with E-state index in [1.807, 2.05) is 6.92 Å². The van der Waals surface area contributed by atoms with Crippen molar-refractivity contribution in [1.82, 2.24) is 10.1 Å². The molecule has 18 heavy (non-hydrogen) atoms. The fourth-order valence-electron chi connectivity index (χ4n) is 2.04. The van der Waals surface area contributed by atoms with Crippen LogP contribution in [0.1, 0.15) is 37.4 Å². The second-order valence-electron chi connectivity index (χ2n) is 4.82. The third kappa shape index (κ3) is 3.07. The summed E-state index contributed by atoms with van der Waals surface area (Å²) in [6, 6.07) is 2.09. The lowest BCUT2D eigenvalue weighted by molar-refractivity contribution is 0.353. The Bertz CT molecular complexity index is 558. The Morgan fingerprint density at radius 2 is 2.39 bits per heavy atom. The normalized spacial score (nSPS) is 23.7. The molecule has 0 bridgehead atoms. The number of hydrogen-bond donors (Lipinski definition) is 0. The molecule has 0 N–H and O–H groups in total. The molecule has 0 spiro atoms. The molecule has 2 heterocycles. The zero-order valence-corrected chi connectivity index (χ0v) is 11.0. The summed E-state index contributed by atoms with van der Waals surface area (Å²) in [6.45, 7) is 1.94. The predicted molar refractivity (Wildman–Crippen MR) is 63.4 cm³/mol. The van der Waals surface area contributed by atoms with E-state index in [2.05, 4.69) is 16.2 Å². The Kier molecular flexibility index (Phi) is 3.66. The quantitative estimate of drug-likeness (QED) is 0.810. The number of hydrogen-bond acceptors (Lipinski definition) is 6. The molecule has 2 rings (SSSR count). The van der Waals surface area contributed by atoms with Crippen molar-refractivity contribution in [2.45, 2.75) is 32.1 Å². The number of rotatable bonds is 4. The first kappa shape index (κ1) is 13.0. The first-order chi connectivity index (χ1) is 8.50. The van der Waals surface area contributed by atoms with Crippen molar-refractivity contribution >= 4 is 9.84 Å². The van der Waals surface area contributed by atoms with Gasteiger partial charge in [0, 0.05) is 18.8 Å². The molecule has 2 unspecified atom stereocenters. The van der Waals surface area contributed by atoms with Crippen LogP contribution in [-0.4, -0.2) is 30.1 Å². The number of nitriles is 1. The summed E-state index contributed by atoms with van der Waals surface area (Å²) in [7, 11) is -2.93. The lowest BCUT2D eigenvalue weighted by Gasteiger charge is -2.01. The summed E-state index contributed by atoms with van der Waals surface area (Å²) in [4.78, 5) is 4.23. The van der Waals surface area contributed by atoms with Crippen LogP contribution in [-0.2, 0) is 16.3 Å². The summed E-state index contributed by atoms with van der Waals surface area (Å²) in [5, 5.41) is 12.4. The van der Waals surface area contributed by atoms with E-state index in [1.54, 1.807) is 0 Å². The van der Waals surface area contributed by atoms with Gasteiger partial charge in [-0.05, 0) is 12.3 Å². The van der Waals surface area contributed by atoms with E-state index in [0.717, 1.165) is 0 Å². The van der Waals surface area contributed by atoms with Crippen LogP contribution in [0.3, 0.4) is 0 Å². The maximum atomic E-state index is 11.4. The zero-order valence-electron chi connectivity index (χ0n) is 10.2. The molecular formula is C11H15N3O3S. The smallest absolute Gasteiger partial charge is 0.226 e. The van der Waals surface area contributed by atoms with Gasteiger partial charge in [-0.3, -0.25) is 0 Å². The summed E-state index contributed by atoms with van der Waals surface area (Å²) < 4.78 is 27.8. The molecule has 2 atom stereocenters. The molecule has 1 fully saturated rings. The van der Waals surface area contributed by atoms with Crippen LogP contribution in [0.5, 0.6) is 0 Å². The van der Waals surface area contributed by atoms with E-state index >= 15 is 0 Å². The highest BCUT2D eigenvalue weighted by molar-refractivity contribution is 7.91. The van der Waals surface area contributed by atoms with Gasteiger partial charge in [-0.1, -0.05) is 12.1 Å². The van der Waals surface area contributed by atoms with E-state index in [-0.39, 0.29) is 23.3 Å². The van der Waals surface area contributed by atoms with Gasteiger partial charge in [-0.25, -0.2) is 8.42 Å². The van der Waals surface area contributed by atoms with Crippen LogP contribution in [0.4, 0.5) is 0 Å². The first-order valence-electron chi connectivity index (χ1n) is 5.90. The number of nitrogens with zero attached hydrogens (tertiary/aromatic N) is 3. The van der Waals surface area contributed by atoms with E-state index in [9.17, 15) is 8.42 Å². The molecule has 1 aliphatic heterocycles. The highest BCUT2D eigenvalue weighted by Gasteiger charge is 2.32. The minimum absolute atomic E-state index is 0.111. The average molecular weight is 269 g/mol. The van der Waals surface area contributed by atoms with Crippen LogP contribution in [0.25, 0.3) is 0 Å². The van der Waals surface area contributed by atoms with Gasteiger partial charge in [0.2, 0.25) is 5.89 Å². The van der Waals surface area contributed by atoms with Gasteiger partial charge in [-0.2, -0.15) is 10.2 Å². The molecule has 0 amide bonds. The lowest BCUT2D eigenvalue weighted by Crippen LogP contribution is -2.05. The second-order valence-corrected chi connectivity index (χ2v) is 7.05. The van der Waals surface area contributed by atoms with Crippen molar-refractivity contribution < 1.29 is 12.9 Å². The largest absolute Gasteiger partial charge is 0.339 e. The van der Waals surface area contributed by atoms with Crippen molar-refractivity contribution in [2.75, 3.05) is 11.5 Å². The van der Waals surface area contributed by atoms with Gasteiger partial charge in [0.15, 0.2) is 15.7 Å². The number of sulfone groups is 1. The molecule has 6 nitrogen and oxygen atoms in total. The highest BCUT2D eigenvalue weighted by Crippen LogP contribution is 2.27. The summed E-state index contributed by atoms with van der Waals surface area (Å²) in [5.41, 5.74) is 0. The van der Waals surface area contributed by atoms with Gasteiger partial charge in [0.1, 0.15) is 0 Å².